The summed E-state index contributed by atoms with van der Waals surface area (Å²) in [5, 5.41) is 0.609. The highest BCUT2D eigenvalue weighted by Crippen LogP contribution is 2.23. The average Bonchev–Trinajstić information content (AvgIpc) is 3.37. The highest BCUT2D eigenvalue weighted by molar-refractivity contribution is 7.89. The number of hydrogen-bond acceptors (Lipinski definition) is 3. The fourth-order valence-corrected chi connectivity index (χ4v) is 4.05. The summed E-state index contributed by atoms with van der Waals surface area (Å²) in [6.45, 7) is 0.386. The van der Waals surface area contributed by atoms with Gasteiger partial charge < -0.3 is 4.90 Å². The van der Waals surface area contributed by atoms with Gasteiger partial charge in [0, 0.05) is 30.2 Å². The van der Waals surface area contributed by atoms with Crippen molar-refractivity contribution in [3.63, 3.8) is 0 Å². The minimum Gasteiger partial charge on any atom is -0.337 e. The van der Waals surface area contributed by atoms with E-state index in [0.717, 1.165) is 18.4 Å². The molecule has 0 atom stereocenters. The van der Waals surface area contributed by atoms with Crippen LogP contribution in [-0.2, 0) is 16.6 Å². The van der Waals surface area contributed by atoms with Gasteiger partial charge in [0.05, 0.1) is 4.90 Å². The fourth-order valence-electron chi connectivity index (χ4n) is 2.49. The summed E-state index contributed by atoms with van der Waals surface area (Å²) in [5.74, 6) is -0.247. The molecule has 5 nitrogen and oxygen atoms in total. The van der Waals surface area contributed by atoms with E-state index in [0.29, 0.717) is 17.1 Å². The molecule has 1 N–H and O–H groups in total. The summed E-state index contributed by atoms with van der Waals surface area (Å²) in [6, 6.07) is 13.4. The maximum Gasteiger partial charge on any atom is 0.253 e. The molecule has 7 heteroatoms. The highest BCUT2D eigenvalue weighted by Gasteiger charge is 2.28. The van der Waals surface area contributed by atoms with Crippen molar-refractivity contribution in [2.75, 3.05) is 7.05 Å². The number of benzene rings is 2. The number of nitrogens with one attached hydrogen (secondary N) is 1. The number of sulfonamides is 1. The van der Waals surface area contributed by atoms with Gasteiger partial charge in [-0.25, -0.2) is 13.1 Å². The van der Waals surface area contributed by atoms with E-state index in [9.17, 15) is 13.2 Å². The van der Waals surface area contributed by atoms with Gasteiger partial charge in [-0.15, -0.1) is 0 Å². The van der Waals surface area contributed by atoms with Gasteiger partial charge in [0.15, 0.2) is 0 Å². The number of hydrogen-bond donors (Lipinski definition) is 1. The Morgan fingerprint density at radius 3 is 2.60 bits per heavy atom. The second-order valence-electron chi connectivity index (χ2n) is 6.21. The maximum atomic E-state index is 12.6. The number of halogens is 1. The van der Waals surface area contributed by atoms with Gasteiger partial charge in [-0.2, -0.15) is 0 Å². The van der Waals surface area contributed by atoms with Gasteiger partial charge in [-0.05, 0) is 48.7 Å². The van der Waals surface area contributed by atoms with Crippen molar-refractivity contribution in [2.24, 2.45) is 0 Å². The molecule has 1 saturated carbocycles. The van der Waals surface area contributed by atoms with Crippen LogP contribution in [0.5, 0.6) is 0 Å². The van der Waals surface area contributed by atoms with Crippen molar-refractivity contribution in [3.05, 3.63) is 64.7 Å². The lowest BCUT2D eigenvalue weighted by atomic mass is 10.1. The van der Waals surface area contributed by atoms with E-state index < -0.39 is 10.0 Å². The average molecular weight is 379 g/mol. The van der Waals surface area contributed by atoms with Crippen LogP contribution in [0.1, 0.15) is 28.8 Å². The van der Waals surface area contributed by atoms with Crippen LogP contribution in [-0.4, -0.2) is 32.3 Å². The maximum absolute atomic E-state index is 12.6. The normalized spacial score (nSPS) is 14.3. The zero-order chi connectivity index (χ0) is 18.0. The summed E-state index contributed by atoms with van der Waals surface area (Å²) < 4.78 is 27.2. The third-order valence-electron chi connectivity index (χ3n) is 3.95. The van der Waals surface area contributed by atoms with Crippen LogP contribution in [0.15, 0.2) is 53.4 Å². The SMILES string of the molecule is CN(Cc1cccc(Cl)c1)C(=O)c1cccc(S(=O)(=O)NC2CC2)c1. The Bertz CT molecular complexity index is 895. The van der Waals surface area contributed by atoms with E-state index in [4.69, 9.17) is 11.6 Å². The standard InChI is InChI=1S/C18H19ClN2O3S/c1-21(12-13-4-2-6-15(19)10-13)18(22)14-5-3-7-17(11-14)25(23,24)20-16-8-9-16/h2-7,10-11,16,20H,8-9,12H2,1H3. The molecule has 25 heavy (non-hydrogen) atoms. The van der Waals surface area contributed by atoms with E-state index in [1.165, 1.54) is 17.0 Å². The van der Waals surface area contributed by atoms with E-state index in [-0.39, 0.29) is 16.8 Å². The van der Waals surface area contributed by atoms with Crippen molar-refractivity contribution in [3.8, 4) is 0 Å². The molecule has 3 rings (SSSR count). The molecule has 1 aliphatic rings. The second-order valence-corrected chi connectivity index (χ2v) is 8.36. The first-order chi connectivity index (χ1) is 11.8. The van der Waals surface area contributed by atoms with Crippen LogP contribution in [0.2, 0.25) is 5.02 Å². The van der Waals surface area contributed by atoms with Crippen molar-refractivity contribution in [2.45, 2.75) is 30.3 Å². The molecule has 0 saturated heterocycles. The highest BCUT2D eigenvalue weighted by atomic mass is 35.5. The summed E-state index contributed by atoms with van der Waals surface area (Å²) in [7, 11) is -1.91. The third-order valence-corrected chi connectivity index (χ3v) is 5.70. The second kappa shape index (κ2) is 7.15. The minimum absolute atomic E-state index is 0.0230. The van der Waals surface area contributed by atoms with Crippen molar-refractivity contribution in [1.29, 1.82) is 0 Å². The van der Waals surface area contributed by atoms with Gasteiger partial charge in [-0.1, -0.05) is 29.8 Å². The van der Waals surface area contributed by atoms with E-state index in [2.05, 4.69) is 4.72 Å². The third kappa shape index (κ3) is 4.60. The Kier molecular flexibility index (Phi) is 5.13. The number of carbonyl (C=O) groups is 1. The van der Waals surface area contributed by atoms with Crippen LogP contribution in [0.4, 0.5) is 0 Å². The van der Waals surface area contributed by atoms with Crippen molar-refractivity contribution >= 4 is 27.5 Å². The van der Waals surface area contributed by atoms with E-state index in [1.54, 1.807) is 31.3 Å². The van der Waals surface area contributed by atoms with E-state index >= 15 is 0 Å². The number of rotatable bonds is 6. The van der Waals surface area contributed by atoms with Crippen molar-refractivity contribution < 1.29 is 13.2 Å². The predicted molar refractivity (Wildman–Crippen MR) is 97.0 cm³/mol. The monoisotopic (exact) mass is 378 g/mol. The largest absolute Gasteiger partial charge is 0.337 e. The van der Waals surface area contributed by atoms with E-state index in [1.807, 2.05) is 12.1 Å². The van der Waals surface area contributed by atoms with Gasteiger partial charge in [-0.3, -0.25) is 4.79 Å². The summed E-state index contributed by atoms with van der Waals surface area (Å²) in [4.78, 5) is 14.3. The quantitative estimate of drug-likeness (QED) is 0.840. The molecule has 0 bridgehead atoms. The molecule has 0 aliphatic heterocycles. The number of amides is 1. The molecular formula is C18H19ClN2O3S. The Morgan fingerprint density at radius 2 is 1.92 bits per heavy atom. The van der Waals surface area contributed by atoms with Gasteiger partial charge in [0.25, 0.3) is 5.91 Å². The first kappa shape index (κ1) is 17.9. The van der Waals surface area contributed by atoms with Crippen LogP contribution in [0.3, 0.4) is 0 Å². The van der Waals surface area contributed by atoms with Crippen molar-refractivity contribution in [1.82, 2.24) is 9.62 Å². The molecule has 1 amide bonds. The molecule has 0 spiro atoms. The van der Waals surface area contributed by atoms with Crippen LogP contribution < -0.4 is 4.72 Å². The van der Waals surface area contributed by atoms with Crippen LogP contribution >= 0.6 is 11.6 Å². The molecular weight excluding hydrogens is 360 g/mol. The molecule has 1 aliphatic carbocycles. The Hall–Kier alpha value is -1.89. The Labute approximate surface area is 152 Å². The van der Waals surface area contributed by atoms with Gasteiger partial charge in [0.1, 0.15) is 0 Å². The smallest absolute Gasteiger partial charge is 0.253 e. The first-order valence-electron chi connectivity index (χ1n) is 7.97. The number of nitrogens with zero attached hydrogens (tertiary/aromatic N) is 1. The fraction of sp³-hybridized carbons (Fsp3) is 0.278. The molecule has 2 aromatic carbocycles. The molecule has 1 fully saturated rings. The lowest BCUT2D eigenvalue weighted by molar-refractivity contribution is 0.0785. The zero-order valence-electron chi connectivity index (χ0n) is 13.8. The first-order valence-corrected chi connectivity index (χ1v) is 9.83. The molecule has 132 valence electrons. The lowest BCUT2D eigenvalue weighted by Crippen LogP contribution is -2.28. The lowest BCUT2D eigenvalue weighted by Gasteiger charge is -2.18. The predicted octanol–water partition coefficient (Wildman–Crippen LogP) is 3.05. The number of carbonyl (C=O) groups excluding carboxylic acids is 1. The summed E-state index contributed by atoms with van der Waals surface area (Å²) in [6.07, 6.45) is 1.72. The van der Waals surface area contributed by atoms with Crippen LogP contribution in [0, 0.1) is 0 Å². The minimum atomic E-state index is -3.58. The molecule has 0 aromatic heterocycles. The molecule has 2 aromatic rings. The molecule has 0 unspecified atom stereocenters. The van der Waals surface area contributed by atoms with Gasteiger partial charge in [0.2, 0.25) is 10.0 Å². The van der Waals surface area contributed by atoms with Crippen LogP contribution in [0.25, 0.3) is 0 Å². The summed E-state index contributed by atoms with van der Waals surface area (Å²) >= 11 is 5.97. The topological polar surface area (TPSA) is 66.5 Å². The summed E-state index contributed by atoms with van der Waals surface area (Å²) in [5.41, 5.74) is 1.24. The molecule has 0 heterocycles. The molecule has 0 radical (unpaired) electrons. The Morgan fingerprint density at radius 1 is 1.20 bits per heavy atom. The van der Waals surface area contributed by atoms with Gasteiger partial charge >= 0.3 is 0 Å². The Balaban J connectivity index is 1.76. The zero-order valence-corrected chi connectivity index (χ0v) is 15.3.